The predicted octanol–water partition coefficient (Wildman–Crippen LogP) is 1.66. The first kappa shape index (κ1) is 10.8. The Morgan fingerprint density at radius 1 is 1.50 bits per heavy atom. The SMILES string of the molecule is C=CC(=O)OCCCO/C=C/C. The first-order valence-electron chi connectivity index (χ1n) is 3.83. The fourth-order valence-corrected chi connectivity index (χ4v) is 0.538. The molecule has 12 heavy (non-hydrogen) atoms. The van der Waals surface area contributed by atoms with Crippen molar-refractivity contribution in [2.24, 2.45) is 0 Å². The van der Waals surface area contributed by atoms with Gasteiger partial charge in [0.15, 0.2) is 0 Å². The highest BCUT2D eigenvalue weighted by Gasteiger charge is 1.93. The van der Waals surface area contributed by atoms with Gasteiger partial charge in [0.05, 0.1) is 19.5 Å². The Kier molecular flexibility index (Phi) is 7.03. The molecule has 0 unspecified atom stereocenters. The minimum Gasteiger partial charge on any atom is -0.501 e. The second-order valence-corrected chi connectivity index (χ2v) is 2.07. The van der Waals surface area contributed by atoms with Crippen LogP contribution in [-0.4, -0.2) is 19.2 Å². The number of hydrogen-bond acceptors (Lipinski definition) is 3. The van der Waals surface area contributed by atoms with Crippen LogP contribution in [0.3, 0.4) is 0 Å². The molecule has 0 fully saturated rings. The van der Waals surface area contributed by atoms with E-state index in [1.165, 1.54) is 0 Å². The van der Waals surface area contributed by atoms with E-state index in [-0.39, 0.29) is 5.97 Å². The van der Waals surface area contributed by atoms with E-state index < -0.39 is 0 Å². The van der Waals surface area contributed by atoms with Crippen LogP contribution < -0.4 is 0 Å². The smallest absolute Gasteiger partial charge is 0.330 e. The molecule has 0 N–H and O–H groups in total. The molecular weight excluding hydrogens is 156 g/mol. The maximum absolute atomic E-state index is 10.5. The third-order valence-electron chi connectivity index (χ3n) is 1.05. The van der Waals surface area contributed by atoms with Crippen LogP contribution >= 0.6 is 0 Å². The molecule has 0 radical (unpaired) electrons. The lowest BCUT2D eigenvalue weighted by Crippen LogP contribution is -2.03. The Morgan fingerprint density at radius 2 is 2.25 bits per heavy atom. The highest BCUT2D eigenvalue weighted by Crippen LogP contribution is 1.87. The summed E-state index contributed by atoms with van der Waals surface area (Å²) in [5.41, 5.74) is 0. The summed E-state index contributed by atoms with van der Waals surface area (Å²) < 4.78 is 9.71. The van der Waals surface area contributed by atoms with Gasteiger partial charge in [-0.05, 0) is 6.92 Å². The fourth-order valence-electron chi connectivity index (χ4n) is 0.538. The van der Waals surface area contributed by atoms with Crippen LogP contribution in [0.15, 0.2) is 25.0 Å². The van der Waals surface area contributed by atoms with Crippen LogP contribution in [0.25, 0.3) is 0 Å². The van der Waals surface area contributed by atoms with Crippen molar-refractivity contribution in [2.45, 2.75) is 13.3 Å². The summed E-state index contributed by atoms with van der Waals surface area (Å²) in [6.45, 7) is 6.09. The largest absolute Gasteiger partial charge is 0.501 e. The quantitative estimate of drug-likeness (QED) is 0.263. The third-order valence-corrected chi connectivity index (χ3v) is 1.05. The molecule has 0 rings (SSSR count). The highest BCUT2D eigenvalue weighted by molar-refractivity contribution is 5.81. The Balaban J connectivity index is 3.10. The molecule has 0 heterocycles. The first-order valence-corrected chi connectivity index (χ1v) is 3.83. The first-order chi connectivity index (χ1) is 5.81. The normalized spacial score (nSPS) is 9.75. The summed E-state index contributed by atoms with van der Waals surface area (Å²) in [5.74, 6) is -0.388. The summed E-state index contributed by atoms with van der Waals surface area (Å²) in [6.07, 6.45) is 5.25. The van der Waals surface area contributed by atoms with E-state index in [1.54, 1.807) is 12.3 Å². The topological polar surface area (TPSA) is 35.5 Å². The van der Waals surface area contributed by atoms with Crippen LogP contribution in [0.1, 0.15) is 13.3 Å². The van der Waals surface area contributed by atoms with Crippen LogP contribution in [0.5, 0.6) is 0 Å². The van der Waals surface area contributed by atoms with Gasteiger partial charge in [0, 0.05) is 12.5 Å². The molecule has 0 aromatic rings. The van der Waals surface area contributed by atoms with Crippen LogP contribution in [-0.2, 0) is 14.3 Å². The molecular formula is C9H14O3. The molecule has 0 aliphatic rings. The summed E-state index contributed by atoms with van der Waals surface area (Å²) in [5, 5.41) is 0. The summed E-state index contributed by atoms with van der Waals surface area (Å²) in [4.78, 5) is 10.5. The standard InChI is InChI=1S/C9H14O3/c1-3-6-11-7-5-8-12-9(10)4-2/h3-4,6H,2,5,7-8H2,1H3/b6-3+. The van der Waals surface area contributed by atoms with E-state index in [2.05, 4.69) is 6.58 Å². The van der Waals surface area contributed by atoms with Crippen LogP contribution in [0.4, 0.5) is 0 Å². The summed E-state index contributed by atoms with van der Waals surface area (Å²) in [7, 11) is 0. The van der Waals surface area contributed by atoms with Gasteiger partial charge in [0.1, 0.15) is 0 Å². The van der Waals surface area contributed by atoms with E-state index in [0.717, 1.165) is 6.08 Å². The molecule has 3 nitrogen and oxygen atoms in total. The zero-order valence-electron chi connectivity index (χ0n) is 7.29. The Hall–Kier alpha value is -1.25. The number of carbonyl (C=O) groups excluding carboxylic acids is 1. The van der Waals surface area contributed by atoms with Crippen LogP contribution in [0.2, 0.25) is 0 Å². The van der Waals surface area contributed by atoms with Gasteiger partial charge in [-0.25, -0.2) is 4.79 Å². The van der Waals surface area contributed by atoms with Gasteiger partial charge in [-0.15, -0.1) is 0 Å². The lowest BCUT2D eigenvalue weighted by atomic mass is 10.5. The Labute approximate surface area is 72.7 Å². The molecule has 0 aromatic carbocycles. The number of hydrogen-bond donors (Lipinski definition) is 0. The van der Waals surface area contributed by atoms with E-state index >= 15 is 0 Å². The van der Waals surface area contributed by atoms with E-state index in [0.29, 0.717) is 19.6 Å². The van der Waals surface area contributed by atoms with E-state index in [1.807, 2.05) is 6.92 Å². The second-order valence-electron chi connectivity index (χ2n) is 2.07. The van der Waals surface area contributed by atoms with E-state index in [4.69, 9.17) is 9.47 Å². The minimum atomic E-state index is -0.388. The Morgan fingerprint density at radius 3 is 2.83 bits per heavy atom. The number of carbonyl (C=O) groups is 1. The zero-order chi connectivity index (χ0) is 9.23. The van der Waals surface area contributed by atoms with Gasteiger partial charge in [0.2, 0.25) is 0 Å². The number of ether oxygens (including phenoxy) is 2. The molecule has 0 saturated carbocycles. The maximum Gasteiger partial charge on any atom is 0.330 e. The molecule has 0 bridgehead atoms. The van der Waals surface area contributed by atoms with Gasteiger partial charge in [-0.1, -0.05) is 12.7 Å². The summed E-state index contributed by atoms with van der Waals surface area (Å²) >= 11 is 0. The van der Waals surface area contributed by atoms with Crippen molar-refractivity contribution >= 4 is 5.97 Å². The van der Waals surface area contributed by atoms with Crippen molar-refractivity contribution in [2.75, 3.05) is 13.2 Å². The molecule has 0 aliphatic carbocycles. The molecule has 68 valence electrons. The molecule has 0 spiro atoms. The number of esters is 1. The lowest BCUT2D eigenvalue weighted by molar-refractivity contribution is -0.138. The summed E-state index contributed by atoms with van der Waals surface area (Å²) in [6, 6.07) is 0. The van der Waals surface area contributed by atoms with E-state index in [9.17, 15) is 4.79 Å². The van der Waals surface area contributed by atoms with Gasteiger partial charge < -0.3 is 9.47 Å². The van der Waals surface area contributed by atoms with Gasteiger partial charge in [0.25, 0.3) is 0 Å². The average molecular weight is 170 g/mol. The van der Waals surface area contributed by atoms with Crippen molar-refractivity contribution in [3.05, 3.63) is 25.0 Å². The highest BCUT2D eigenvalue weighted by atomic mass is 16.5. The fraction of sp³-hybridized carbons (Fsp3) is 0.444. The van der Waals surface area contributed by atoms with Crippen molar-refractivity contribution in [3.63, 3.8) is 0 Å². The predicted molar refractivity (Wildman–Crippen MR) is 46.5 cm³/mol. The maximum atomic E-state index is 10.5. The second kappa shape index (κ2) is 7.85. The molecule has 0 aliphatic heterocycles. The molecule has 3 heteroatoms. The lowest BCUT2D eigenvalue weighted by Gasteiger charge is -2.01. The van der Waals surface area contributed by atoms with Gasteiger partial charge >= 0.3 is 5.97 Å². The van der Waals surface area contributed by atoms with Gasteiger partial charge in [-0.2, -0.15) is 0 Å². The van der Waals surface area contributed by atoms with Gasteiger partial charge in [-0.3, -0.25) is 0 Å². The average Bonchev–Trinajstić information content (AvgIpc) is 2.10. The molecule has 0 saturated heterocycles. The minimum absolute atomic E-state index is 0.377. The number of rotatable bonds is 6. The molecule has 0 amide bonds. The van der Waals surface area contributed by atoms with Crippen molar-refractivity contribution in [1.29, 1.82) is 0 Å². The molecule has 0 aromatic heterocycles. The van der Waals surface area contributed by atoms with Crippen LogP contribution in [0, 0.1) is 0 Å². The van der Waals surface area contributed by atoms with Crippen molar-refractivity contribution in [1.82, 2.24) is 0 Å². The third kappa shape index (κ3) is 6.86. The monoisotopic (exact) mass is 170 g/mol. The van der Waals surface area contributed by atoms with Crippen molar-refractivity contribution < 1.29 is 14.3 Å². The van der Waals surface area contributed by atoms with Crippen molar-refractivity contribution in [3.8, 4) is 0 Å². The zero-order valence-corrected chi connectivity index (χ0v) is 7.29. The number of allylic oxidation sites excluding steroid dienone is 1. The Bertz CT molecular complexity index is 161. The molecule has 0 atom stereocenters.